The topological polar surface area (TPSA) is 70.7 Å². The largest absolute Gasteiger partial charge is 0.495 e. The van der Waals surface area contributed by atoms with E-state index in [1.54, 1.807) is 30.6 Å². The Balaban J connectivity index is 1.62. The summed E-state index contributed by atoms with van der Waals surface area (Å²) in [6.07, 6.45) is 0. The van der Waals surface area contributed by atoms with Gasteiger partial charge in [0.25, 0.3) is 10.0 Å². The fraction of sp³-hybridized carbons (Fsp3) is 0.360. The zero-order chi connectivity index (χ0) is 23.8. The summed E-state index contributed by atoms with van der Waals surface area (Å²) in [5.74, 6) is 0.728. The molecule has 176 valence electrons. The highest BCUT2D eigenvalue weighted by Crippen LogP contribution is 2.34. The van der Waals surface area contributed by atoms with Crippen molar-refractivity contribution in [3.05, 3.63) is 59.0 Å². The van der Waals surface area contributed by atoms with Crippen LogP contribution in [-0.4, -0.2) is 40.7 Å². The maximum atomic E-state index is 13.3. The predicted octanol–water partition coefficient (Wildman–Crippen LogP) is 5.03. The van der Waals surface area contributed by atoms with Gasteiger partial charge in [0, 0.05) is 30.1 Å². The lowest BCUT2D eigenvalue weighted by molar-refractivity contribution is 0.391. The molecule has 2 heterocycles. The Labute approximate surface area is 200 Å². The van der Waals surface area contributed by atoms with E-state index in [2.05, 4.69) is 47.2 Å². The van der Waals surface area contributed by atoms with Gasteiger partial charge in [0.05, 0.1) is 23.4 Å². The molecule has 2 atom stereocenters. The molecular weight excluding hydrogens is 454 g/mol. The maximum absolute atomic E-state index is 13.3. The maximum Gasteiger partial charge on any atom is 0.262 e. The van der Waals surface area contributed by atoms with Gasteiger partial charge >= 0.3 is 0 Å². The number of benzene rings is 2. The third-order valence-electron chi connectivity index (χ3n) is 5.81. The van der Waals surface area contributed by atoms with Gasteiger partial charge in [-0.25, -0.2) is 8.42 Å². The molecule has 2 unspecified atom stereocenters. The smallest absolute Gasteiger partial charge is 0.262 e. The molecule has 1 aromatic heterocycles. The van der Waals surface area contributed by atoms with E-state index in [9.17, 15) is 8.42 Å². The summed E-state index contributed by atoms with van der Waals surface area (Å²) in [4.78, 5) is 3.65. The second-order valence-electron chi connectivity index (χ2n) is 8.83. The molecule has 2 N–H and O–H groups in total. The molecular formula is C25H31N3O3S2. The molecule has 0 radical (unpaired) electrons. The fourth-order valence-electron chi connectivity index (χ4n) is 4.42. The average Bonchev–Trinajstić information content (AvgIpc) is 3.19. The Morgan fingerprint density at radius 2 is 1.79 bits per heavy atom. The van der Waals surface area contributed by atoms with Crippen LogP contribution in [0.1, 0.15) is 25.0 Å². The minimum absolute atomic E-state index is 0.279. The van der Waals surface area contributed by atoms with Gasteiger partial charge in [-0.05, 0) is 86.2 Å². The number of thiophene rings is 1. The minimum atomic E-state index is -3.74. The van der Waals surface area contributed by atoms with Crippen molar-refractivity contribution >= 4 is 32.7 Å². The molecule has 6 nitrogen and oxygen atoms in total. The van der Waals surface area contributed by atoms with Gasteiger partial charge in [0.1, 0.15) is 5.75 Å². The molecule has 33 heavy (non-hydrogen) atoms. The summed E-state index contributed by atoms with van der Waals surface area (Å²) in [7, 11) is -2.11. The van der Waals surface area contributed by atoms with Gasteiger partial charge in [0.15, 0.2) is 0 Å². The van der Waals surface area contributed by atoms with Crippen LogP contribution in [0.4, 0.5) is 11.4 Å². The van der Waals surface area contributed by atoms with Gasteiger partial charge in [0.2, 0.25) is 0 Å². The molecule has 0 amide bonds. The molecule has 1 aliphatic heterocycles. The normalized spacial score (nSPS) is 18.9. The molecule has 0 bridgehead atoms. The SMILES string of the molecule is COc1ccc(NS(=O)(=O)c2ccc(-c3cc(C)cs3)cc2C)cc1N1CC(C)NC(C)C1. The summed E-state index contributed by atoms with van der Waals surface area (Å²) in [5.41, 5.74) is 4.34. The summed E-state index contributed by atoms with van der Waals surface area (Å²) in [6, 6.07) is 13.7. The van der Waals surface area contributed by atoms with Gasteiger partial charge in [-0.1, -0.05) is 6.07 Å². The van der Waals surface area contributed by atoms with Crippen LogP contribution >= 0.6 is 11.3 Å². The molecule has 4 rings (SSSR count). The van der Waals surface area contributed by atoms with Crippen LogP contribution in [0, 0.1) is 13.8 Å². The number of sulfonamides is 1. The first-order valence-corrected chi connectivity index (χ1v) is 13.4. The number of ether oxygens (including phenoxy) is 1. The molecule has 1 saturated heterocycles. The first-order valence-electron chi connectivity index (χ1n) is 11.0. The van der Waals surface area contributed by atoms with Crippen molar-refractivity contribution in [2.45, 2.75) is 44.7 Å². The Kier molecular flexibility index (Phi) is 6.70. The second kappa shape index (κ2) is 9.37. The average molecular weight is 486 g/mol. The molecule has 2 aromatic carbocycles. The lowest BCUT2D eigenvalue weighted by atomic mass is 10.1. The Morgan fingerprint density at radius 1 is 1.06 bits per heavy atom. The first-order chi connectivity index (χ1) is 15.7. The van der Waals surface area contributed by atoms with Crippen LogP contribution in [0.3, 0.4) is 0 Å². The van der Waals surface area contributed by atoms with Crippen LogP contribution in [0.2, 0.25) is 0 Å². The highest BCUT2D eigenvalue weighted by atomic mass is 32.2. The quantitative estimate of drug-likeness (QED) is 0.513. The number of hydrogen-bond donors (Lipinski definition) is 2. The number of methoxy groups -OCH3 is 1. The van der Waals surface area contributed by atoms with Gasteiger partial charge in [-0.2, -0.15) is 0 Å². The van der Waals surface area contributed by atoms with Crippen molar-refractivity contribution < 1.29 is 13.2 Å². The monoisotopic (exact) mass is 485 g/mol. The fourth-order valence-corrected chi connectivity index (χ4v) is 6.60. The number of aryl methyl sites for hydroxylation is 2. The molecule has 3 aromatic rings. The summed E-state index contributed by atoms with van der Waals surface area (Å²) in [6.45, 7) is 9.82. The summed E-state index contributed by atoms with van der Waals surface area (Å²) >= 11 is 1.66. The van der Waals surface area contributed by atoms with Crippen molar-refractivity contribution in [1.82, 2.24) is 5.32 Å². The van der Waals surface area contributed by atoms with E-state index in [1.807, 2.05) is 31.2 Å². The zero-order valence-corrected chi connectivity index (χ0v) is 21.3. The summed E-state index contributed by atoms with van der Waals surface area (Å²) in [5, 5.41) is 5.62. The molecule has 1 aliphatic rings. The summed E-state index contributed by atoms with van der Waals surface area (Å²) < 4.78 is 34.9. The second-order valence-corrected chi connectivity index (χ2v) is 11.4. The third kappa shape index (κ3) is 5.18. The van der Waals surface area contributed by atoms with Crippen LogP contribution in [0.25, 0.3) is 10.4 Å². The number of nitrogens with zero attached hydrogens (tertiary/aromatic N) is 1. The third-order valence-corrected chi connectivity index (χ3v) is 8.45. The van der Waals surface area contributed by atoms with Gasteiger partial charge in [-0.15, -0.1) is 11.3 Å². The van der Waals surface area contributed by atoms with E-state index in [0.29, 0.717) is 23.3 Å². The van der Waals surface area contributed by atoms with E-state index in [1.165, 1.54) is 5.56 Å². The van der Waals surface area contributed by atoms with Gasteiger partial charge < -0.3 is 15.0 Å². The zero-order valence-electron chi connectivity index (χ0n) is 19.7. The van der Waals surface area contributed by atoms with Gasteiger partial charge in [-0.3, -0.25) is 4.72 Å². The number of nitrogens with one attached hydrogen (secondary N) is 2. The Bertz CT molecular complexity index is 1240. The lowest BCUT2D eigenvalue weighted by Crippen LogP contribution is -2.54. The van der Waals surface area contributed by atoms with E-state index < -0.39 is 10.0 Å². The van der Waals surface area contributed by atoms with Crippen molar-refractivity contribution in [2.75, 3.05) is 29.8 Å². The predicted molar refractivity (Wildman–Crippen MR) is 137 cm³/mol. The highest BCUT2D eigenvalue weighted by molar-refractivity contribution is 7.92. The highest BCUT2D eigenvalue weighted by Gasteiger charge is 2.24. The van der Waals surface area contributed by atoms with Crippen molar-refractivity contribution in [2.24, 2.45) is 0 Å². The number of rotatable bonds is 6. The van der Waals surface area contributed by atoms with Crippen molar-refractivity contribution in [1.29, 1.82) is 0 Å². The molecule has 8 heteroatoms. The molecule has 0 saturated carbocycles. The molecule has 1 fully saturated rings. The van der Waals surface area contributed by atoms with Crippen molar-refractivity contribution in [3.63, 3.8) is 0 Å². The van der Waals surface area contributed by atoms with Crippen LogP contribution in [0.5, 0.6) is 5.75 Å². The molecule has 0 spiro atoms. The number of hydrogen-bond acceptors (Lipinski definition) is 6. The van der Waals surface area contributed by atoms with E-state index in [-0.39, 0.29) is 4.90 Å². The Morgan fingerprint density at radius 3 is 2.39 bits per heavy atom. The van der Waals surface area contributed by atoms with E-state index in [0.717, 1.165) is 35.0 Å². The van der Waals surface area contributed by atoms with Crippen LogP contribution < -0.4 is 19.7 Å². The van der Waals surface area contributed by atoms with Crippen LogP contribution in [-0.2, 0) is 10.0 Å². The van der Waals surface area contributed by atoms with Crippen molar-refractivity contribution in [3.8, 4) is 16.2 Å². The lowest BCUT2D eigenvalue weighted by Gasteiger charge is -2.38. The Hall–Kier alpha value is -2.55. The first kappa shape index (κ1) is 23.6. The number of piperazine rings is 1. The van der Waals surface area contributed by atoms with E-state index >= 15 is 0 Å². The standard InChI is InChI=1S/C25H31N3O3S2/c1-16-10-24(32-15-16)20-6-9-25(17(2)11-20)33(29,30)27-21-7-8-23(31-5)22(12-21)28-13-18(3)26-19(4)14-28/h6-12,15,18-19,26-27H,13-14H2,1-5H3. The van der Waals surface area contributed by atoms with Crippen LogP contribution in [0.15, 0.2) is 52.7 Å². The minimum Gasteiger partial charge on any atom is -0.495 e. The molecule has 0 aliphatic carbocycles. The number of anilines is 2. The van der Waals surface area contributed by atoms with E-state index in [4.69, 9.17) is 4.74 Å².